The van der Waals surface area contributed by atoms with Gasteiger partial charge in [0.1, 0.15) is 17.2 Å². The first-order valence-electron chi connectivity index (χ1n) is 8.24. The van der Waals surface area contributed by atoms with Crippen LogP contribution in [0.25, 0.3) is 0 Å². The van der Waals surface area contributed by atoms with Gasteiger partial charge in [-0.25, -0.2) is 8.78 Å². The van der Waals surface area contributed by atoms with E-state index in [4.69, 9.17) is 0 Å². The number of benzene rings is 2. The van der Waals surface area contributed by atoms with Crippen molar-refractivity contribution < 1.29 is 18.7 Å². The summed E-state index contributed by atoms with van der Waals surface area (Å²) in [5.41, 5.74) is 1.93. The Bertz CT molecular complexity index is 747. The van der Waals surface area contributed by atoms with Gasteiger partial charge in [-0.2, -0.15) is 0 Å². The highest BCUT2D eigenvalue weighted by atomic mass is 19.1. The Morgan fingerprint density at radius 1 is 1.12 bits per heavy atom. The first-order valence-corrected chi connectivity index (χ1v) is 8.24. The van der Waals surface area contributed by atoms with Gasteiger partial charge >= 0.3 is 0 Å². The van der Waals surface area contributed by atoms with E-state index in [-0.39, 0.29) is 6.54 Å². The molecule has 0 radical (unpaired) electrons. The number of aliphatic hydroxyl groups is 1. The number of hydrogen-bond donors (Lipinski definition) is 2. The summed E-state index contributed by atoms with van der Waals surface area (Å²) in [6, 6.07) is 11.4. The van der Waals surface area contributed by atoms with Crippen molar-refractivity contribution in [2.24, 2.45) is 0 Å². The third kappa shape index (κ3) is 4.21. The van der Waals surface area contributed by atoms with Gasteiger partial charge in [0.15, 0.2) is 0 Å². The summed E-state index contributed by atoms with van der Waals surface area (Å²) in [6.45, 7) is 1.88. The molecule has 0 spiro atoms. The molecule has 0 saturated heterocycles. The molecule has 1 atom stereocenters. The second-order valence-corrected chi connectivity index (χ2v) is 6.21. The molecule has 0 saturated carbocycles. The van der Waals surface area contributed by atoms with E-state index in [1.54, 1.807) is 0 Å². The van der Waals surface area contributed by atoms with E-state index in [1.807, 2.05) is 12.1 Å². The molecular formula is C19H20F2N2O2. The maximum atomic E-state index is 13.6. The van der Waals surface area contributed by atoms with E-state index in [0.29, 0.717) is 6.54 Å². The first kappa shape index (κ1) is 17.5. The van der Waals surface area contributed by atoms with E-state index in [2.05, 4.69) is 22.3 Å². The fraction of sp³-hybridized carbons (Fsp3) is 0.316. The van der Waals surface area contributed by atoms with Crippen molar-refractivity contribution in [1.29, 1.82) is 0 Å². The molecule has 1 amide bonds. The number of aliphatic hydroxyl groups excluding tert-OH is 1. The number of fused-ring (bicyclic) bond motifs is 1. The minimum Gasteiger partial charge on any atom is -0.390 e. The van der Waals surface area contributed by atoms with Crippen LogP contribution >= 0.6 is 0 Å². The van der Waals surface area contributed by atoms with Crippen LogP contribution in [0.5, 0.6) is 0 Å². The zero-order valence-corrected chi connectivity index (χ0v) is 13.7. The van der Waals surface area contributed by atoms with Gasteiger partial charge in [0.2, 0.25) is 0 Å². The van der Waals surface area contributed by atoms with Gasteiger partial charge in [-0.15, -0.1) is 0 Å². The van der Waals surface area contributed by atoms with Gasteiger partial charge in [0.25, 0.3) is 5.91 Å². The van der Waals surface area contributed by atoms with Gasteiger partial charge in [0.05, 0.1) is 6.10 Å². The van der Waals surface area contributed by atoms with Crippen LogP contribution in [-0.2, 0) is 13.0 Å². The van der Waals surface area contributed by atoms with Crippen molar-refractivity contribution in [2.45, 2.75) is 19.1 Å². The molecule has 2 aromatic carbocycles. The number of nitrogens with one attached hydrogen (secondary N) is 1. The Labute approximate surface area is 145 Å². The molecule has 6 heteroatoms. The third-order valence-corrected chi connectivity index (χ3v) is 4.37. The largest absolute Gasteiger partial charge is 0.390 e. The minimum atomic E-state index is -0.917. The average Bonchev–Trinajstić information content (AvgIpc) is 2.60. The number of carbonyl (C=O) groups excluding carboxylic acids is 1. The molecule has 4 nitrogen and oxygen atoms in total. The Morgan fingerprint density at radius 2 is 1.80 bits per heavy atom. The molecule has 0 bridgehead atoms. The maximum absolute atomic E-state index is 13.6. The van der Waals surface area contributed by atoms with E-state index in [1.165, 1.54) is 17.2 Å². The molecule has 1 heterocycles. The Balaban J connectivity index is 1.52. The summed E-state index contributed by atoms with van der Waals surface area (Å²) in [7, 11) is 0. The number of carbonyl (C=O) groups is 1. The van der Waals surface area contributed by atoms with Crippen molar-refractivity contribution in [2.75, 3.05) is 19.6 Å². The van der Waals surface area contributed by atoms with Crippen LogP contribution in [0.3, 0.4) is 0 Å². The highest BCUT2D eigenvalue weighted by molar-refractivity contribution is 5.94. The zero-order chi connectivity index (χ0) is 17.8. The lowest BCUT2D eigenvalue weighted by molar-refractivity contribution is 0.0835. The molecule has 1 unspecified atom stereocenters. The van der Waals surface area contributed by atoms with Crippen molar-refractivity contribution in [3.63, 3.8) is 0 Å². The summed E-state index contributed by atoms with van der Waals surface area (Å²) in [5, 5.41) is 12.5. The Hall–Kier alpha value is -2.31. The average molecular weight is 346 g/mol. The lowest BCUT2D eigenvalue weighted by Gasteiger charge is -2.30. The van der Waals surface area contributed by atoms with Crippen molar-refractivity contribution in [1.82, 2.24) is 10.2 Å². The van der Waals surface area contributed by atoms with Gasteiger partial charge < -0.3 is 10.4 Å². The minimum absolute atomic E-state index is 0.0647. The topological polar surface area (TPSA) is 52.6 Å². The molecule has 0 aromatic heterocycles. The van der Waals surface area contributed by atoms with Gasteiger partial charge in [-0.05, 0) is 29.7 Å². The van der Waals surface area contributed by atoms with Crippen LogP contribution in [0.4, 0.5) is 8.78 Å². The molecule has 0 fully saturated rings. The lowest BCUT2D eigenvalue weighted by Crippen LogP contribution is -2.42. The van der Waals surface area contributed by atoms with Gasteiger partial charge in [-0.1, -0.05) is 30.3 Å². The molecule has 132 valence electrons. The molecular weight excluding hydrogens is 326 g/mol. The molecule has 2 N–H and O–H groups in total. The fourth-order valence-electron chi connectivity index (χ4n) is 3.09. The highest BCUT2D eigenvalue weighted by Crippen LogP contribution is 2.18. The van der Waals surface area contributed by atoms with E-state index in [0.717, 1.165) is 31.6 Å². The zero-order valence-electron chi connectivity index (χ0n) is 13.7. The number of amides is 1. The monoisotopic (exact) mass is 346 g/mol. The summed E-state index contributed by atoms with van der Waals surface area (Å²) >= 11 is 0. The fourth-order valence-corrected chi connectivity index (χ4v) is 3.09. The predicted molar refractivity (Wildman–Crippen MR) is 90.1 cm³/mol. The number of nitrogens with zero attached hydrogens (tertiary/aromatic N) is 1. The van der Waals surface area contributed by atoms with Crippen LogP contribution in [0.2, 0.25) is 0 Å². The molecule has 0 aliphatic carbocycles. The number of halogens is 2. The predicted octanol–water partition coefficient (Wildman–Crippen LogP) is 2.11. The highest BCUT2D eigenvalue weighted by Gasteiger charge is 2.20. The summed E-state index contributed by atoms with van der Waals surface area (Å²) < 4.78 is 27.1. The van der Waals surface area contributed by atoms with Crippen LogP contribution in [0.1, 0.15) is 21.5 Å². The SMILES string of the molecule is O=C(NCC(O)CN1CCc2ccccc2C1)c1c(F)cccc1F. The van der Waals surface area contributed by atoms with E-state index < -0.39 is 29.2 Å². The molecule has 1 aliphatic heterocycles. The summed E-state index contributed by atoms with van der Waals surface area (Å²) in [5.74, 6) is -2.70. The van der Waals surface area contributed by atoms with Gasteiger partial charge in [0, 0.05) is 26.2 Å². The summed E-state index contributed by atoms with van der Waals surface area (Å²) in [4.78, 5) is 14.0. The van der Waals surface area contributed by atoms with E-state index >= 15 is 0 Å². The number of hydrogen-bond acceptors (Lipinski definition) is 3. The van der Waals surface area contributed by atoms with Crippen LogP contribution in [0, 0.1) is 11.6 Å². The van der Waals surface area contributed by atoms with E-state index in [9.17, 15) is 18.7 Å². The quantitative estimate of drug-likeness (QED) is 0.872. The molecule has 1 aliphatic rings. The first-order chi connectivity index (χ1) is 12.0. The molecule has 3 rings (SSSR count). The van der Waals surface area contributed by atoms with Gasteiger partial charge in [-0.3, -0.25) is 9.69 Å². The van der Waals surface area contributed by atoms with Crippen molar-refractivity contribution in [3.8, 4) is 0 Å². The Kier molecular flexibility index (Phi) is 5.40. The molecule has 25 heavy (non-hydrogen) atoms. The number of rotatable bonds is 5. The second-order valence-electron chi connectivity index (χ2n) is 6.21. The smallest absolute Gasteiger partial charge is 0.257 e. The normalized spacial score (nSPS) is 15.5. The van der Waals surface area contributed by atoms with Crippen LogP contribution < -0.4 is 5.32 Å². The number of β-amino-alcohol motifs (C(OH)–C–C–N with tert-alkyl or cyclic N) is 1. The van der Waals surface area contributed by atoms with Crippen molar-refractivity contribution in [3.05, 3.63) is 70.8 Å². The second kappa shape index (κ2) is 7.72. The lowest BCUT2D eigenvalue weighted by atomic mass is 10.00. The molecule has 2 aromatic rings. The third-order valence-electron chi connectivity index (χ3n) is 4.37. The summed E-state index contributed by atoms with van der Waals surface area (Å²) in [6.07, 6.45) is 0.0967. The van der Waals surface area contributed by atoms with Crippen LogP contribution in [0.15, 0.2) is 42.5 Å². The standard InChI is InChI=1S/C19H20F2N2O2/c20-16-6-3-7-17(21)18(16)19(25)22-10-15(24)12-23-9-8-13-4-1-2-5-14(13)11-23/h1-7,15,24H,8-12H2,(H,22,25). The Morgan fingerprint density at radius 3 is 2.52 bits per heavy atom. The maximum Gasteiger partial charge on any atom is 0.257 e. The van der Waals surface area contributed by atoms with Crippen LogP contribution in [-0.4, -0.2) is 41.7 Å². The van der Waals surface area contributed by atoms with Crippen molar-refractivity contribution >= 4 is 5.91 Å².